The Bertz CT molecular complexity index is 1280. The Morgan fingerprint density at radius 2 is 1.68 bits per heavy atom. The maximum Gasteiger partial charge on any atom is 0.329 e. The number of anilines is 1. The Labute approximate surface area is 183 Å². The summed E-state index contributed by atoms with van der Waals surface area (Å²) < 4.78 is 31.8. The van der Waals surface area contributed by atoms with Crippen LogP contribution in [-0.2, 0) is 23.1 Å². The smallest absolute Gasteiger partial charge is 0.329 e. The molecule has 166 valence electrons. The van der Waals surface area contributed by atoms with Gasteiger partial charge in [0.15, 0.2) is 0 Å². The number of aryl methyl sites for hydroxylation is 3. The van der Waals surface area contributed by atoms with Gasteiger partial charge in [-0.15, -0.1) is 0 Å². The Morgan fingerprint density at radius 1 is 0.968 bits per heavy atom. The van der Waals surface area contributed by atoms with Gasteiger partial charge in [0, 0.05) is 44.5 Å². The van der Waals surface area contributed by atoms with Crippen LogP contribution in [0.15, 0.2) is 52.2 Å². The summed E-state index contributed by atoms with van der Waals surface area (Å²) in [7, 11) is -3.65. The summed E-state index contributed by atoms with van der Waals surface area (Å²) in [6.07, 6.45) is 0. The molecule has 0 spiro atoms. The van der Waals surface area contributed by atoms with Crippen LogP contribution < -0.4 is 10.6 Å². The highest BCUT2D eigenvalue weighted by Gasteiger charge is 2.33. The quantitative estimate of drug-likeness (QED) is 0.609. The first kappa shape index (κ1) is 21.6. The Morgan fingerprint density at radius 3 is 2.32 bits per heavy atom. The van der Waals surface area contributed by atoms with Gasteiger partial charge in [-0.25, -0.2) is 13.2 Å². The monoisotopic (exact) mass is 442 g/mol. The summed E-state index contributed by atoms with van der Waals surface area (Å²) >= 11 is 0. The van der Waals surface area contributed by atoms with Gasteiger partial charge in [-0.05, 0) is 63.6 Å². The molecule has 3 aromatic rings. The van der Waals surface area contributed by atoms with E-state index < -0.39 is 10.0 Å². The van der Waals surface area contributed by atoms with E-state index in [1.165, 1.54) is 5.56 Å². The van der Waals surface area contributed by atoms with Crippen molar-refractivity contribution in [1.29, 1.82) is 0 Å². The first-order valence-electron chi connectivity index (χ1n) is 10.8. The van der Waals surface area contributed by atoms with Crippen LogP contribution in [0, 0.1) is 6.92 Å². The van der Waals surface area contributed by atoms with Gasteiger partial charge in [-0.1, -0.05) is 12.1 Å². The van der Waals surface area contributed by atoms with Crippen LogP contribution in [0.4, 0.5) is 5.69 Å². The van der Waals surface area contributed by atoms with E-state index >= 15 is 0 Å². The predicted octanol–water partition coefficient (Wildman–Crippen LogP) is 3.05. The summed E-state index contributed by atoms with van der Waals surface area (Å²) in [4.78, 5) is 15.1. The molecular formula is C23H30N4O3S. The zero-order valence-corrected chi connectivity index (χ0v) is 19.4. The molecule has 1 unspecified atom stereocenters. The fourth-order valence-corrected chi connectivity index (χ4v) is 6.09. The van der Waals surface area contributed by atoms with Crippen molar-refractivity contribution in [3.63, 3.8) is 0 Å². The van der Waals surface area contributed by atoms with Crippen LogP contribution >= 0.6 is 0 Å². The number of rotatable bonds is 5. The zero-order valence-electron chi connectivity index (χ0n) is 18.6. The third-order valence-electron chi connectivity index (χ3n) is 6.18. The normalized spacial score (nSPS) is 18.1. The minimum Gasteiger partial charge on any atom is -0.366 e. The Hall–Kier alpha value is -2.58. The molecule has 1 aliphatic rings. The lowest BCUT2D eigenvalue weighted by Crippen LogP contribution is -2.53. The topological polar surface area (TPSA) is 67.5 Å². The van der Waals surface area contributed by atoms with Crippen molar-refractivity contribution >= 4 is 26.7 Å². The maximum atomic E-state index is 13.4. The van der Waals surface area contributed by atoms with Crippen LogP contribution in [0.3, 0.4) is 0 Å². The highest BCUT2D eigenvalue weighted by Crippen LogP contribution is 2.27. The van der Waals surface area contributed by atoms with E-state index in [0.29, 0.717) is 38.2 Å². The number of nitrogens with zero attached hydrogens (tertiary/aromatic N) is 4. The lowest BCUT2D eigenvalue weighted by Gasteiger charge is -2.40. The number of hydrogen-bond donors (Lipinski definition) is 0. The number of sulfonamides is 1. The third kappa shape index (κ3) is 3.68. The van der Waals surface area contributed by atoms with E-state index in [4.69, 9.17) is 0 Å². The SMILES string of the molecule is CCn1c(=O)n(CC)c2cc(S(=O)(=O)N3CCN(c4cccc(C)c4)C(C)C3)ccc21. The number of benzene rings is 2. The van der Waals surface area contributed by atoms with Crippen molar-refractivity contribution in [2.45, 2.75) is 51.7 Å². The lowest BCUT2D eigenvalue weighted by molar-refractivity contribution is 0.342. The molecule has 8 heteroatoms. The van der Waals surface area contributed by atoms with Gasteiger partial charge < -0.3 is 4.90 Å². The van der Waals surface area contributed by atoms with Gasteiger partial charge in [-0.3, -0.25) is 9.13 Å². The molecule has 7 nitrogen and oxygen atoms in total. The molecule has 0 radical (unpaired) electrons. The van der Waals surface area contributed by atoms with Crippen molar-refractivity contribution < 1.29 is 8.42 Å². The van der Waals surface area contributed by atoms with Crippen molar-refractivity contribution in [1.82, 2.24) is 13.4 Å². The molecule has 4 rings (SSSR count). The summed E-state index contributed by atoms with van der Waals surface area (Å²) in [5, 5.41) is 0. The van der Waals surface area contributed by atoms with Crippen LogP contribution in [0.1, 0.15) is 26.3 Å². The standard InChI is InChI=1S/C23H30N4O3S/c1-5-25-21-11-10-20(15-22(21)26(6-2)23(25)28)31(29,30)24-12-13-27(18(4)16-24)19-9-7-8-17(3)14-19/h7-11,14-15,18H,5-6,12-13,16H2,1-4H3. The summed E-state index contributed by atoms with van der Waals surface area (Å²) in [6, 6.07) is 13.4. The molecule has 31 heavy (non-hydrogen) atoms. The highest BCUT2D eigenvalue weighted by atomic mass is 32.2. The van der Waals surface area contributed by atoms with Gasteiger partial charge in [0.25, 0.3) is 0 Å². The van der Waals surface area contributed by atoms with E-state index in [9.17, 15) is 13.2 Å². The molecule has 0 bridgehead atoms. The molecule has 2 heterocycles. The molecule has 1 atom stereocenters. The highest BCUT2D eigenvalue weighted by molar-refractivity contribution is 7.89. The second-order valence-electron chi connectivity index (χ2n) is 8.17. The second-order valence-corrected chi connectivity index (χ2v) is 10.1. The molecule has 0 N–H and O–H groups in total. The zero-order chi connectivity index (χ0) is 22.3. The fourth-order valence-electron chi connectivity index (χ4n) is 4.55. The number of aromatic nitrogens is 2. The molecule has 1 saturated heterocycles. The largest absolute Gasteiger partial charge is 0.366 e. The van der Waals surface area contributed by atoms with Gasteiger partial charge >= 0.3 is 5.69 Å². The average molecular weight is 443 g/mol. The molecule has 1 fully saturated rings. The van der Waals surface area contributed by atoms with E-state index in [0.717, 1.165) is 11.2 Å². The van der Waals surface area contributed by atoms with Crippen molar-refractivity contribution in [2.75, 3.05) is 24.5 Å². The molecule has 1 aliphatic heterocycles. The Kier molecular flexibility index (Phi) is 5.70. The molecule has 0 amide bonds. The fraction of sp³-hybridized carbons (Fsp3) is 0.435. The first-order chi connectivity index (χ1) is 14.8. The van der Waals surface area contributed by atoms with Crippen molar-refractivity contribution in [3.8, 4) is 0 Å². The number of fused-ring (bicyclic) bond motifs is 1. The third-order valence-corrected chi connectivity index (χ3v) is 8.05. The minimum absolute atomic E-state index is 0.0593. The number of imidazole rings is 1. The molecule has 2 aromatic carbocycles. The van der Waals surface area contributed by atoms with Crippen LogP contribution in [-0.4, -0.2) is 47.5 Å². The van der Waals surface area contributed by atoms with E-state index in [-0.39, 0.29) is 16.6 Å². The summed E-state index contributed by atoms with van der Waals surface area (Å²) in [5.74, 6) is 0. The number of hydrogen-bond acceptors (Lipinski definition) is 4. The Balaban J connectivity index is 1.65. The van der Waals surface area contributed by atoms with Crippen LogP contribution in [0.25, 0.3) is 11.0 Å². The van der Waals surface area contributed by atoms with Crippen molar-refractivity contribution in [2.24, 2.45) is 0 Å². The molecule has 0 aliphatic carbocycles. The average Bonchev–Trinajstić information content (AvgIpc) is 3.03. The summed E-state index contributed by atoms with van der Waals surface area (Å²) in [5.41, 5.74) is 3.65. The van der Waals surface area contributed by atoms with Gasteiger partial charge in [0.1, 0.15) is 0 Å². The molecular weight excluding hydrogens is 412 g/mol. The summed E-state index contributed by atoms with van der Waals surface area (Å²) in [6.45, 7) is 10.5. The van der Waals surface area contributed by atoms with E-state index in [1.807, 2.05) is 19.9 Å². The predicted molar refractivity (Wildman–Crippen MR) is 124 cm³/mol. The van der Waals surface area contributed by atoms with Gasteiger partial charge in [0.2, 0.25) is 10.0 Å². The van der Waals surface area contributed by atoms with Crippen molar-refractivity contribution in [3.05, 3.63) is 58.5 Å². The van der Waals surface area contributed by atoms with Crippen LogP contribution in [0.2, 0.25) is 0 Å². The van der Waals surface area contributed by atoms with Gasteiger partial charge in [0.05, 0.1) is 15.9 Å². The molecule has 0 saturated carbocycles. The van der Waals surface area contributed by atoms with E-state index in [1.54, 1.807) is 31.6 Å². The minimum atomic E-state index is -3.65. The molecule has 1 aromatic heterocycles. The lowest BCUT2D eigenvalue weighted by atomic mass is 10.1. The number of piperazine rings is 1. The van der Waals surface area contributed by atoms with Crippen LogP contribution in [0.5, 0.6) is 0 Å². The van der Waals surface area contributed by atoms with E-state index in [2.05, 4.69) is 36.9 Å². The second kappa shape index (κ2) is 8.16. The first-order valence-corrected chi connectivity index (χ1v) is 12.3. The van der Waals surface area contributed by atoms with Gasteiger partial charge in [-0.2, -0.15) is 4.31 Å². The maximum absolute atomic E-state index is 13.4.